The van der Waals surface area contributed by atoms with Gasteiger partial charge >= 0.3 is 0 Å². The Labute approximate surface area is 117 Å². The zero-order valence-corrected chi connectivity index (χ0v) is 12.5. The van der Waals surface area contributed by atoms with Crippen molar-refractivity contribution in [2.24, 2.45) is 0 Å². The van der Waals surface area contributed by atoms with Gasteiger partial charge in [-0.3, -0.25) is 0 Å². The van der Waals surface area contributed by atoms with Crippen LogP contribution >= 0.6 is 0 Å². The Hall–Kier alpha value is -0.900. The summed E-state index contributed by atoms with van der Waals surface area (Å²) in [6, 6.07) is 9.83. The molecule has 1 atom stereocenters. The molecule has 0 spiro atoms. The second-order valence-corrected chi connectivity index (χ2v) is 5.25. The van der Waals surface area contributed by atoms with Crippen LogP contribution in [0.1, 0.15) is 32.8 Å². The molecule has 2 N–H and O–H groups in total. The fourth-order valence-corrected chi connectivity index (χ4v) is 2.21. The highest BCUT2D eigenvalue weighted by atomic mass is 16.3. The van der Waals surface area contributed by atoms with E-state index in [4.69, 9.17) is 0 Å². The van der Waals surface area contributed by atoms with Crippen molar-refractivity contribution >= 4 is 0 Å². The van der Waals surface area contributed by atoms with Crippen LogP contribution in [-0.4, -0.2) is 42.7 Å². The summed E-state index contributed by atoms with van der Waals surface area (Å²) in [5, 5.41) is 13.8. The fourth-order valence-electron chi connectivity index (χ4n) is 2.21. The summed E-state index contributed by atoms with van der Waals surface area (Å²) in [6.45, 7) is 11.0. The summed E-state index contributed by atoms with van der Waals surface area (Å²) >= 11 is 0. The first-order valence-corrected chi connectivity index (χ1v) is 7.31. The number of nitrogens with zero attached hydrogens (tertiary/aromatic N) is 1. The van der Waals surface area contributed by atoms with Crippen LogP contribution in [0.4, 0.5) is 0 Å². The van der Waals surface area contributed by atoms with Crippen molar-refractivity contribution in [3.05, 3.63) is 35.9 Å². The molecule has 0 aliphatic heterocycles. The molecule has 19 heavy (non-hydrogen) atoms. The average Bonchev–Trinajstić information content (AvgIpc) is 2.43. The van der Waals surface area contributed by atoms with Gasteiger partial charge in [-0.05, 0) is 32.0 Å². The van der Waals surface area contributed by atoms with Gasteiger partial charge in [-0.2, -0.15) is 0 Å². The molecule has 0 bridgehead atoms. The van der Waals surface area contributed by atoms with Crippen LogP contribution in [0, 0.1) is 0 Å². The standard InChI is InChI=1S/C16H28N2O/c1-4-12-18(5-2)13-11-17-14-16(3,19)15-9-7-6-8-10-15/h6-10,17,19H,4-5,11-14H2,1-3H3. The fraction of sp³-hybridized carbons (Fsp3) is 0.625. The second kappa shape index (κ2) is 8.31. The van der Waals surface area contributed by atoms with Crippen LogP contribution < -0.4 is 5.32 Å². The third-order valence-corrected chi connectivity index (χ3v) is 3.46. The van der Waals surface area contributed by atoms with E-state index in [1.165, 1.54) is 6.42 Å². The van der Waals surface area contributed by atoms with Crippen LogP contribution in [0.3, 0.4) is 0 Å². The first-order chi connectivity index (χ1) is 9.10. The predicted molar refractivity (Wildman–Crippen MR) is 81.3 cm³/mol. The summed E-state index contributed by atoms with van der Waals surface area (Å²) in [5.74, 6) is 0. The molecule has 1 aromatic carbocycles. The van der Waals surface area contributed by atoms with Crippen molar-refractivity contribution in [3.8, 4) is 0 Å². The van der Waals surface area contributed by atoms with Gasteiger partial charge in [-0.25, -0.2) is 0 Å². The maximum atomic E-state index is 10.4. The minimum Gasteiger partial charge on any atom is -0.384 e. The average molecular weight is 264 g/mol. The number of likely N-dealkylation sites (N-methyl/N-ethyl adjacent to an activating group) is 1. The highest BCUT2D eigenvalue weighted by molar-refractivity contribution is 5.21. The van der Waals surface area contributed by atoms with E-state index in [9.17, 15) is 5.11 Å². The van der Waals surface area contributed by atoms with Crippen LogP contribution in [-0.2, 0) is 5.60 Å². The van der Waals surface area contributed by atoms with E-state index in [1.807, 2.05) is 37.3 Å². The van der Waals surface area contributed by atoms with Gasteiger partial charge in [0.25, 0.3) is 0 Å². The number of nitrogens with one attached hydrogen (secondary N) is 1. The molecular weight excluding hydrogens is 236 g/mol. The van der Waals surface area contributed by atoms with Crippen molar-refractivity contribution in [2.45, 2.75) is 32.8 Å². The predicted octanol–water partition coefficient (Wildman–Crippen LogP) is 2.22. The Kier molecular flexibility index (Phi) is 7.06. The second-order valence-electron chi connectivity index (χ2n) is 5.25. The quantitative estimate of drug-likeness (QED) is 0.671. The zero-order chi connectivity index (χ0) is 14.1. The molecule has 108 valence electrons. The lowest BCUT2D eigenvalue weighted by molar-refractivity contribution is 0.0564. The molecule has 0 aliphatic rings. The Balaban J connectivity index is 2.32. The molecule has 1 rings (SSSR count). The zero-order valence-electron chi connectivity index (χ0n) is 12.5. The van der Waals surface area contributed by atoms with Crippen molar-refractivity contribution < 1.29 is 5.11 Å². The lowest BCUT2D eigenvalue weighted by Gasteiger charge is -2.25. The smallest absolute Gasteiger partial charge is 0.0992 e. The summed E-state index contributed by atoms with van der Waals surface area (Å²) < 4.78 is 0. The van der Waals surface area contributed by atoms with Crippen molar-refractivity contribution in [1.82, 2.24) is 10.2 Å². The van der Waals surface area contributed by atoms with Gasteiger partial charge in [0.05, 0.1) is 5.60 Å². The van der Waals surface area contributed by atoms with Gasteiger partial charge in [0.2, 0.25) is 0 Å². The first-order valence-electron chi connectivity index (χ1n) is 7.31. The first kappa shape index (κ1) is 16.2. The van der Waals surface area contributed by atoms with E-state index in [-0.39, 0.29) is 0 Å². The highest BCUT2D eigenvalue weighted by Gasteiger charge is 2.21. The van der Waals surface area contributed by atoms with Crippen LogP contribution in [0.25, 0.3) is 0 Å². The van der Waals surface area contributed by atoms with Crippen molar-refractivity contribution in [2.75, 3.05) is 32.7 Å². The van der Waals surface area contributed by atoms with Crippen molar-refractivity contribution in [3.63, 3.8) is 0 Å². The van der Waals surface area contributed by atoms with Crippen LogP contribution in [0.5, 0.6) is 0 Å². The molecule has 1 aromatic rings. The van der Waals surface area contributed by atoms with E-state index in [2.05, 4.69) is 24.1 Å². The Bertz CT molecular complexity index is 338. The van der Waals surface area contributed by atoms with Gasteiger partial charge in [-0.15, -0.1) is 0 Å². The summed E-state index contributed by atoms with van der Waals surface area (Å²) in [4.78, 5) is 2.42. The summed E-state index contributed by atoms with van der Waals surface area (Å²) in [6.07, 6.45) is 1.19. The topological polar surface area (TPSA) is 35.5 Å². The molecular formula is C16H28N2O. The molecule has 0 fully saturated rings. The maximum Gasteiger partial charge on any atom is 0.0992 e. The van der Waals surface area contributed by atoms with Crippen LogP contribution in [0.15, 0.2) is 30.3 Å². The molecule has 3 nitrogen and oxygen atoms in total. The molecule has 1 unspecified atom stereocenters. The molecule has 3 heteroatoms. The Morgan fingerprint density at radius 2 is 1.84 bits per heavy atom. The van der Waals surface area contributed by atoms with E-state index in [1.54, 1.807) is 0 Å². The van der Waals surface area contributed by atoms with Gasteiger partial charge < -0.3 is 15.3 Å². The largest absolute Gasteiger partial charge is 0.384 e. The van der Waals surface area contributed by atoms with Gasteiger partial charge in [0, 0.05) is 19.6 Å². The minimum absolute atomic E-state index is 0.584. The number of aliphatic hydroxyl groups is 1. The monoisotopic (exact) mass is 264 g/mol. The van der Waals surface area contributed by atoms with Gasteiger partial charge in [-0.1, -0.05) is 44.2 Å². The third kappa shape index (κ3) is 5.72. The summed E-state index contributed by atoms with van der Waals surface area (Å²) in [7, 11) is 0. The molecule has 0 aromatic heterocycles. The molecule has 0 radical (unpaired) electrons. The molecule has 0 heterocycles. The van der Waals surface area contributed by atoms with E-state index in [0.717, 1.165) is 31.7 Å². The van der Waals surface area contributed by atoms with Crippen LogP contribution in [0.2, 0.25) is 0 Å². The number of hydrogen-bond donors (Lipinski definition) is 2. The number of rotatable bonds is 9. The third-order valence-electron chi connectivity index (χ3n) is 3.46. The van der Waals surface area contributed by atoms with Gasteiger partial charge in [0.15, 0.2) is 0 Å². The normalized spacial score (nSPS) is 14.6. The Morgan fingerprint density at radius 1 is 1.16 bits per heavy atom. The number of hydrogen-bond acceptors (Lipinski definition) is 3. The van der Waals surface area contributed by atoms with Crippen molar-refractivity contribution in [1.29, 1.82) is 0 Å². The number of benzene rings is 1. The molecule has 0 amide bonds. The molecule has 0 saturated heterocycles. The molecule has 0 aliphatic carbocycles. The lowest BCUT2D eigenvalue weighted by atomic mass is 9.96. The minimum atomic E-state index is -0.803. The van der Waals surface area contributed by atoms with E-state index >= 15 is 0 Å². The Morgan fingerprint density at radius 3 is 2.42 bits per heavy atom. The van der Waals surface area contributed by atoms with E-state index in [0.29, 0.717) is 6.54 Å². The van der Waals surface area contributed by atoms with Gasteiger partial charge in [0.1, 0.15) is 0 Å². The SMILES string of the molecule is CCCN(CC)CCNCC(C)(O)c1ccccc1. The maximum absolute atomic E-state index is 10.4. The lowest BCUT2D eigenvalue weighted by Crippen LogP contribution is -2.39. The highest BCUT2D eigenvalue weighted by Crippen LogP contribution is 2.18. The van der Waals surface area contributed by atoms with E-state index < -0.39 is 5.60 Å². The summed E-state index contributed by atoms with van der Waals surface area (Å²) in [5.41, 5.74) is 0.159. The molecule has 0 saturated carbocycles.